The second-order valence-corrected chi connectivity index (χ2v) is 5.98. The molecule has 5 heteroatoms. The fourth-order valence-electron chi connectivity index (χ4n) is 2.22. The summed E-state index contributed by atoms with van der Waals surface area (Å²) in [6.45, 7) is 3.11. The van der Waals surface area contributed by atoms with Gasteiger partial charge in [0.1, 0.15) is 5.75 Å². The molecule has 0 bridgehead atoms. The second kappa shape index (κ2) is 6.82. The average Bonchev–Trinajstić information content (AvgIpc) is 2.38. The van der Waals surface area contributed by atoms with Crippen LogP contribution in [0.15, 0.2) is 29.2 Å². The molecular weight excluding hydrogens is 260 g/mol. The number of phenolic OH excluding ortho intramolecular Hbond substituents is 1. The van der Waals surface area contributed by atoms with E-state index in [4.69, 9.17) is 0 Å². The first-order chi connectivity index (χ1) is 9.13. The quantitative estimate of drug-likeness (QED) is 0.735. The van der Waals surface area contributed by atoms with Gasteiger partial charge >= 0.3 is 0 Å². The van der Waals surface area contributed by atoms with Crippen molar-refractivity contribution in [1.29, 1.82) is 0 Å². The van der Waals surface area contributed by atoms with Crippen molar-refractivity contribution in [2.24, 2.45) is 0 Å². The highest BCUT2D eigenvalue weighted by atomic mass is 32.2. The van der Waals surface area contributed by atoms with E-state index in [0.717, 1.165) is 24.3 Å². The number of rotatable bonds is 4. The zero-order chi connectivity index (χ0) is 13.7. The van der Waals surface area contributed by atoms with Crippen LogP contribution >= 0.6 is 11.8 Å². The SMILES string of the molecule is CC1CC(NC(=O)CSc2ccc(O)cc2)CCN1. The van der Waals surface area contributed by atoms with Crippen LogP contribution in [0.4, 0.5) is 0 Å². The normalized spacial score (nSPS) is 23.0. The van der Waals surface area contributed by atoms with E-state index in [1.807, 2.05) is 12.1 Å². The van der Waals surface area contributed by atoms with E-state index in [1.54, 1.807) is 12.1 Å². The van der Waals surface area contributed by atoms with Crippen LogP contribution in [0.3, 0.4) is 0 Å². The van der Waals surface area contributed by atoms with Gasteiger partial charge in [-0.25, -0.2) is 0 Å². The number of carbonyl (C=O) groups excluding carboxylic acids is 1. The lowest BCUT2D eigenvalue weighted by atomic mass is 10.0. The number of nitrogens with one attached hydrogen (secondary N) is 2. The molecule has 0 radical (unpaired) electrons. The molecule has 0 aromatic heterocycles. The monoisotopic (exact) mass is 280 g/mol. The number of benzene rings is 1. The van der Waals surface area contributed by atoms with E-state index in [2.05, 4.69) is 17.6 Å². The molecule has 1 aromatic carbocycles. The predicted molar refractivity (Wildman–Crippen MR) is 77.5 cm³/mol. The molecule has 1 fully saturated rings. The second-order valence-electron chi connectivity index (χ2n) is 4.93. The largest absolute Gasteiger partial charge is 0.508 e. The van der Waals surface area contributed by atoms with Gasteiger partial charge in [0, 0.05) is 17.0 Å². The molecule has 0 aliphatic carbocycles. The summed E-state index contributed by atoms with van der Waals surface area (Å²) in [6, 6.07) is 7.68. The molecule has 104 valence electrons. The molecule has 1 amide bonds. The fraction of sp³-hybridized carbons (Fsp3) is 0.500. The molecule has 4 nitrogen and oxygen atoms in total. The number of aromatic hydroxyl groups is 1. The van der Waals surface area contributed by atoms with E-state index >= 15 is 0 Å². The highest BCUT2D eigenvalue weighted by Crippen LogP contribution is 2.20. The first-order valence-corrected chi connectivity index (χ1v) is 7.56. The first-order valence-electron chi connectivity index (χ1n) is 6.58. The number of hydrogen-bond acceptors (Lipinski definition) is 4. The summed E-state index contributed by atoms with van der Waals surface area (Å²) in [5, 5.41) is 15.6. The molecule has 0 saturated carbocycles. The fourth-order valence-corrected chi connectivity index (χ4v) is 2.93. The lowest BCUT2D eigenvalue weighted by Gasteiger charge is -2.28. The van der Waals surface area contributed by atoms with E-state index in [-0.39, 0.29) is 11.7 Å². The van der Waals surface area contributed by atoms with Crippen molar-refractivity contribution in [3.8, 4) is 5.75 Å². The maximum Gasteiger partial charge on any atom is 0.230 e. The van der Waals surface area contributed by atoms with Crippen molar-refractivity contribution in [1.82, 2.24) is 10.6 Å². The first kappa shape index (κ1) is 14.2. The Morgan fingerprint density at radius 3 is 2.89 bits per heavy atom. The van der Waals surface area contributed by atoms with Crippen LogP contribution < -0.4 is 10.6 Å². The summed E-state index contributed by atoms with van der Waals surface area (Å²) in [6.07, 6.45) is 2.00. The van der Waals surface area contributed by atoms with Crippen molar-refractivity contribution in [3.05, 3.63) is 24.3 Å². The molecular formula is C14H20N2O2S. The molecule has 3 N–H and O–H groups in total. The number of phenols is 1. The maximum atomic E-state index is 11.9. The Morgan fingerprint density at radius 1 is 1.47 bits per heavy atom. The highest BCUT2D eigenvalue weighted by Gasteiger charge is 2.19. The average molecular weight is 280 g/mol. The van der Waals surface area contributed by atoms with Crippen LogP contribution in [0.1, 0.15) is 19.8 Å². The Balaban J connectivity index is 1.73. The highest BCUT2D eigenvalue weighted by molar-refractivity contribution is 8.00. The van der Waals surface area contributed by atoms with Crippen molar-refractivity contribution in [2.75, 3.05) is 12.3 Å². The molecule has 2 unspecified atom stereocenters. The van der Waals surface area contributed by atoms with Gasteiger partial charge in [-0.15, -0.1) is 11.8 Å². The van der Waals surface area contributed by atoms with Crippen LogP contribution in [0.25, 0.3) is 0 Å². The summed E-state index contributed by atoms with van der Waals surface area (Å²) in [4.78, 5) is 12.8. The van der Waals surface area contributed by atoms with Gasteiger partial charge < -0.3 is 15.7 Å². The zero-order valence-electron chi connectivity index (χ0n) is 11.1. The predicted octanol–water partition coefficient (Wildman–Crippen LogP) is 1.74. The Hall–Kier alpha value is -1.20. The topological polar surface area (TPSA) is 61.4 Å². The van der Waals surface area contributed by atoms with Crippen molar-refractivity contribution in [2.45, 2.75) is 36.7 Å². The Kier molecular flexibility index (Phi) is 5.10. The Bertz CT molecular complexity index is 422. The summed E-state index contributed by atoms with van der Waals surface area (Å²) < 4.78 is 0. The van der Waals surface area contributed by atoms with E-state index in [0.29, 0.717) is 17.8 Å². The summed E-state index contributed by atoms with van der Waals surface area (Å²) in [5.41, 5.74) is 0. The molecule has 0 spiro atoms. The van der Waals surface area contributed by atoms with E-state index in [1.165, 1.54) is 11.8 Å². The number of hydrogen-bond donors (Lipinski definition) is 3. The molecule has 1 aliphatic heterocycles. The van der Waals surface area contributed by atoms with Crippen LogP contribution in [-0.4, -0.2) is 35.4 Å². The Morgan fingerprint density at radius 2 is 2.21 bits per heavy atom. The summed E-state index contributed by atoms with van der Waals surface area (Å²) >= 11 is 1.49. The third-order valence-electron chi connectivity index (χ3n) is 3.20. The van der Waals surface area contributed by atoms with Crippen LogP contribution in [0, 0.1) is 0 Å². The zero-order valence-corrected chi connectivity index (χ0v) is 11.9. The minimum atomic E-state index is 0.0807. The van der Waals surface area contributed by atoms with Gasteiger partial charge in [-0.05, 0) is 50.6 Å². The van der Waals surface area contributed by atoms with Crippen LogP contribution in [0.2, 0.25) is 0 Å². The Labute approximate surface area is 118 Å². The minimum absolute atomic E-state index is 0.0807. The molecule has 1 heterocycles. The lowest BCUT2D eigenvalue weighted by Crippen LogP contribution is -2.47. The smallest absolute Gasteiger partial charge is 0.230 e. The van der Waals surface area contributed by atoms with Gasteiger partial charge in [0.05, 0.1) is 5.75 Å². The van der Waals surface area contributed by atoms with Gasteiger partial charge in [-0.2, -0.15) is 0 Å². The number of amides is 1. The van der Waals surface area contributed by atoms with E-state index < -0.39 is 0 Å². The van der Waals surface area contributed by atoms with Gasteiger partial charge in [0.2, 0.25) is 5.91 Å². The number of thioether (sulfide) groups is 1. The van der Waals surface area contributed by atoms with Gasteiger partial charge in [0.15, 0.2) is 0 Å². The van der Waals surface area contributed by atoms with Crippen molar-refractivity contribution < 1.29 is 9.90 Å². The molecule has 2 rings (SSSR count). The van der Waals surface area contributed by atoms with E-state index in [9.17, 15) is 9.90 Å². The van der Waals surface area contributed by atoms with Crippen molar-refractivity contribution >= 4 is 17.7 Å². The van der Waals surface area contributed by atoms with Crippen LogP contribution in [-0.2, 0) is 4.79 Å². The maximum absolute atomic E-state index is 11.9. The molecule has 2 atom stereocenters. The summed E-state index contributed by atoms with van der Waals surface area (Å²) in [5.74, 6) is 0.748. The standard InChI is InChI=1S/C14H20N2O2S/c1-10-8-11(6-7-15-10)16-14(18)9-19-13-4-2-12(17)3-5-13/h2-5,10-11,15,17H,6-9H2,1H3,(H,16,18). The molecule has 19 heavy (non-hydrogen) atoms. The van der Waals surface area contributed by atoms with Crippen LogP contribution in [0.5, 0.6) is 5.75 Å². The third-order valence-corrected chi connectivity index (χ3v) is 4.21. The minimum Gasteiger partial charge on any atom is -0.508 e. The number of carbonyl (C=O) groups is 1. The third kappa shape index (κ3) is 4.76. The number of piperidine rings is 1. The molecule has 1 aromatic rings. The van der Waals surface area contributed by atoms with Gasteiger partial charge in [-0.1, -0.05) is 0 Å². The lowest BCUT2D eigenvalue weighted by molar-refractivity contribution is -0.119. The van der Waals surface area contributed by atoms with Gasteiger partial charge in [0.25, 0.3) is 0 Å². The van der Waals surface area contributed by atoms with Gasteiger partial charge in [-0.3, -0.25) is 4.79 Å². The summed E-state index contributed by atoms with van der Waals surface area (Å²) in [7, 11) is 0. The van der Waals surface area contributed by atoms with Crippen molar-refractivity contribution in [3.63, 3.8) is 0 Å². The molecule has 1 saturated heterocycles. The molecule has 1 aliphatic rings.